The third-order valence-corrected chi connectivity index (χ3v) is 6.19. The number of H-pyrrole nitrogens is 1. The van der Waals surface area contributed by atoms with Crippen LogP contribution in [0.15, 0.2) is 66.7 Å². The molecule has 3 N–H and O–H groups in total. The first-order chi connectivity index (χ1) is 15.6. The molecule has 1 aliphatic rings. The number of aromatic amines is 1. The zero-order valence-electron chi connectivity index (χ0n) is 17.7. The molecular formula is C26H25N3O3. The van der Waals surface area contributed by atoms with Crippen molar-refractivity contribution in [3.05, 3.63) is 83.6 Å². The molecule has 1 unspecified atom stereocenters. The summed E-state index contributed by atoms with van der Waals surface area (Å²) in [6.45, 7) is 0.572. The standard InChI is InChI=1S/C26H25N3O3/c30-16-24(28-25(31)14-17-9-10-18-5-1-2-6-19(18)13-17)26(32)29-12-11-21-20-7-3-4-8-22(20)27-23(21)15-29/h1-10,13,24,27,30H,11-12,14-16H2,(H,28,31). The van der Waals surface area contributed by atoms with E-state index in [1.807, 2.05) is 60.7 Å². The minimum atomic E-state index is -0.950. The van der Waals surface area contributed by atoms with Crippen molar-refractivity contribution in [1.29, 1.82) is 0 Å². The first kappa shape index (κ1) is 20.3. The van der Waals surface area contributed by atoms with Gasteiger partial charge >= 0.3 is 0 Å². The van der Waals surface area contributed by atoms with E-state index in [4.69, 9.17) is 0 Å². The van der Waals surface area contributed by atoms with Crippen molar-refractivity contribution >= 4 is 33.5 Å². The zero-order valence-corrected chi connectivity index (χ0v) is 17.7. The molecule has 0 fully saturated rings. The number of amides is 2. The minimum absolute atomic E-state index is 0.154. The summed E-state index contributed by atoms with van der Waals surface area (Å²) >= 11 is 0. The fourth-order valence-electron chi connectivity index (χ4n) is 4.57. The first-order valence-corrected chi connectivity index (χ1v) is 10.9. The Balaban J connectivity index is 1.25. The second kappa shape index (κ2) is 8.48. The Labute approximate surface area is 185 Å². The molecule has 2 heterocycles. The molecule has 0 spiro atoms. The van der Waals surface area contributed by atoms with Gasteiger partial charge in [-0.2, -0.15) is 0 Å². The van der Waals surface area contributed by atoms with Crippen LogP contribution >= 0.6 is 0 Å². The van der Waals surface area contributed by atoms with E-state index in [9.17, 15) is 14.7 Å². The summed E-state index contributed by atoms with van der Waals surface area (Å²) in [5.74, 6) is -0.542. The Morgan fingerprint density at radius 2 is 1.81 bits per heavy atom. The molecule has 4 aromatic rings. The van der Waals surface area contributed by atoms with E-state index < -0.39 is 12.6 Å². The lowest BCUT2D eigenvalue weighted by Crippen LogP contribution is -2.51. The van der Waals surface area contributed by atoms with Gasteiger partial charge in [-0.25, -0.2) is 0 Å². The largest absolute Gasteiger partial charge is 0.394 e. The normalized spacial score (nSPS) is 14.3. The molecule has 1 aromatic heterocycles. The summed E-state index contributed by atoms with van der Waals surface area (Å²) in [5, 5.41) is 15.9. The summed E-state index contributed by atoms with van der Waals surface area (Å²) in [5.41, 5.74) is 4.19. The Bertz CT molecular complexity index is 1310. The molecule has 0 bridgehead atoms. The van der Waals surface area contributed by atoms with Gasteiger partial charge in [-0.1, -0.05) is 60.7 Å². The summed E-state index contributed by atoms with van der Waals surface area (Å²) in [6, 6.07) is 21.0. The number of aliphatic hydroxyl groups excluding tert-OH is 1. The van der Waals surface area contributed by atoms with Crippen molar-refractivity contribution in [3.63, 3.8) is 0 Å². The van der Waals surface area contributed by atoms with Crippen LogP contribution in [0.5, 0.6) is 0 Å². The number of hydrogen-bond acceptors (Lipinski definition) is 3. The number of fused-ring (bicyclic) bond motifs is 4. The van der Waals surface area contributed by atoms with Crippen LogP contribution in [0.3, 0.4) is 0 Å². The monoisotopic (exact) mass is 427 g/mol. The number of hydrogen-bond donors (Lipinski definition) is 3. The van der Waals surface area contributed by atoms with Crippen molar-refractivity contribution in [2.45, 2.75) is 25.4 Å². The van der Waals surface area contributed by atoms with Gasteiger partial charge in [0.1, 0.15) is 6.04 Å². The second-order valence-corrected chi connectivity index (χ2v) is 8.30. The highest BCUT2D eigenvalue weighted by Gasteiger charge is 2.29. The third kappa shape index (κ3) is 3.85. The van der Waals surface area contributed by atoms with Gasteiger partial charge in [0.2, 0.25) is 11.8 Å². The number of nitrogens with zero attached hydrogens (tertiary/aromatic N) is 1. The lowest BCUT2D eigenvalue weighted by atomic mass is 10.0. The number of aromatic nitrogens is 1. The molecule has 1 atom stereocenters. The number of nitrogens with one attached hydrogen (secondary N) is 2. The smallest absolute Gasteiger partial charge is 0.247 e. The second-order valence-electron chi connectivity index (χ2n) is 8.30. The molecule has 3 aromatic carbocycles. The maximum Gasteiger partial charge on any atom is 0.247 e. The van der Waals surface area contributed by atoms with Crippen LogP contribution in [0.25, 0.3) is 21.7 Å². The van der Waals surface area contributed by atoms with Crippen molar-refractivity contribution < 1.29 is 14.7 Å². The highest BCUT2D eigenvalue weighted by molar-refractivity contribution is 5.90. The molecule has 0 aliphatic carbocycles. The van der Waals surface area contributed by atoms with Gasteiger partial charge in [-0.3, -0.25) is 9.59 Å². The maximum atomic E-state index is 13.1. The number of benzene rings is 3. The topological polar surface area (TPSA) is 85.4 Å². The Morgan fingerprint density at radius 1 is 1.03 bits per heavy atom. The van der Waals surface area contributed by atoms with Crippen molar-refractivity contribution in [2.24, 2.45) is 0 Å². The van der Waals surface area contributed by atoms with E-state index in [-0.39, 0.29) is 18.2 Å². The lowest BCUT2D eigenvalue weighted by molar-refractivity contribution is -0.138. The van der Waals surface area contributed by atoms with Crippen molar-refractivity contribution in [3.8, 4) is 0 Å². The number of carbonyl (C=O) groups is 2. The van der Waals surface area contributed by atoms with Crippen LogP contribution in [-0.2, 0) is 29.0 Å². The number of rotatable bonds is 5. The van der Waals surface area contributed by atoms with E-state index in [1.54, 1.807) is 4.90 Å². The van der Waals surface area contributed by atoms with Crippen LogP contribution in [0.2, 0.25) is 0 Å². The molecular weight excluding hydrogens is 402 g/mol. The molecule has 32 heavy (non-hydrogen) atoms. The number of para-hydroxylation sites is 1. The third-order valence-electron chi connectivity index (χ3n) is 6.19. The van der Waals surface area contributed by atoms with E-state index in [2.05, 4.69) is 16.4 Å². The molecule has 5 rings (SSSR count). The Morgan fingerprint density at radius 3 is 2.66 bits per heavy atom. The van der Waals surface area contributed by atoms with Gasteiger partial charge in [0.15, 0.2) is 0 Å². The van der Waals surface area contributed by atoms with Crippen LogP contribution in [-0.4, -0.2) is 46.0 Å². The molecule has 2 amide bonds. The van der Waals surface area contributed by atoms with Gasteiger partial charge in [0, 0.05) is 23.1 Å². The lowest BCUT2D eigenvalue weighted by Gasteiger charge is -2.30. The first-order valence-electron chi connectivity index (χ1n) is 10.9. The van der Waals surface area contributed by atoms with Gasteiger partial charge < -0.3 is 20.3 Å². The van der Waals surface area contributed by atoms with Crippen LogP contribution in [0.4, 0.5) is 0 Å². The predicted molar refractivity (Wildman–Crippen MR) is 124 cm³/mol. The SMILES string of the molecule is O=C(Cc1ccc2ccccc2c1)NC(CO)C(=O)N1CCc2c([nH]c3ccccc23)C1. The van der Waals surface area contributed by atoms with Crippen LogP contribution in [0.1, 0.15) is 16.8 Å². The van der Waals surface area contributed by atoms with Gasteiger partial charge in [-0.05, 0) is 34.4 Å². The van der Waals surface area contributed by atoms with E-state index in [0.717, 1.165) is 34.0 Å². The maximum absolute atomic E-state index is 13.1. The molecule has 162 valence electrons. The number of aliphatic hydroxyl groups is 1. The van der Waals surface area contributed by atoms with Crippen molar-refractivity contribution in [1.82, 2.24) is 15.2 Å². The van der Waals surface area contributed by atoms with Crippen LogP contribution < -0.4 is 5.32 Å². The molecule has 0 saturated heterocycles. The van der Waals surface area contributed by atoms with Gasteiger partial charge in [0.05, 0.1) is 19.6 Å². The summed E-state index contributed by atoms with van der Waals surface area (Å²) in [7, 11) is 0. The highest BCUT2D eigenvalue weighted by atomic mass is 16.3. The molecule has 0 radical (unpaired) electrons. The zero-order chi connectivity index (χ0) is 22.1. The van der Waals surface area contributed by atoms with Gasteiger partial charge in [-0.15, -0.1) is 0 Å². The van der Waals surface area contributed by atoms with Crippen molar-refractivity contribution in [2.75, 3.05) is 13.2 Å². The summed E-state index contributed by atoms with van der Waals surface area (Å²) in [6.07, 6.45) is 0.898. The molecule has 1 aliphatic heterocycles. The average Bonchev–Trinajstić information content (AvgIpc) is 3.20. The van der Waals surface area contributed by atoms with Crippen LogP contribution in [0, 0.1) is 0 Å². The minimum Gasteiger partial charge on any atom is -0.394 e. The highest BCUT2D eigenvalue weighted by Crippen LogP contribution is 2.27. The van der Waals surface area contributed by atoms with E-state index in [0.29, 0.717) is 13.1 Å². The fourth-order valence-corrected chi connectivity index (χ4v) is 4.57. The fraction of sp³-hybridized carbons (Fsp3) is 0.231. The molecule has 6 heteroatoms. The van der Waals surface area contributed by atoms with E-state index >= 15 is 0 Å². The number of carbonyl (C=O) groups excluding carboxylic acids is 2. The predicted octanol–water partition coefficient (Wildman–Crippen LogP) is 2.93. The Kier molecular flexibility index (Phi) is 5.37. The molecule has 0 saturated carbocycles. The summed E-state index contributed by atoms with van der Waals surface area (Å²) in [4.78, 5) is 30.8. The summed E-state index contributed by atoms with van der Waals surface area (Å²) < 4.78 is 0. The van der Waals surface area contributed by atoms with E-state index in [1.165, 1.54) is 10.9 Å². The quantitative estimate of drug-likeness (QED) is 0.458. The Hall–Kier alpha value is -3.64. The average molecular weight is 428 g/mol. The van der Waals surface area contributed by atoms with Gasteiger partial charge in [0.25, 0.3) is 0 Å². The molecule has 6 nitrogen and oxygen atoms in total.